The summed E-state index contributed by atoms with van der Waals surface area (Å²) in [6.07, 6.45) is 5.29. The fourth-order valence-corrected chi connectivity index (χ4v) is 4.11. The van der Waals surface area contributed by atoms with Gasteiger partial charge in [0.2, 0.25) is 6.79 Å². The lowest BCUT2D eigenvalue weighted by Gasteiger charge is -2.24. The average Bonchev–Trinajstić information content (AvgIpc) is 3.43. The van der Waals surface area contributed by atoms with Crippen molar-refractivity contribution in [2.45, 2.75) is 59.7 Å². The van der Waals surface area contributed by atoms with E-state index in [0.29, 0.717) is 12.7 Å². The summed E-state index contributed by atoms with van der Waals surface area (Å²) in [4.78, 5) is 7.23. The van der Waals surface area contributed by atoms with Gasteiger partial charge in [-0.1, -0.05) is 33.3 Å². The normalized spacial score (nSPS) is 12.8. The van der Waals surface area contributed by atoms with Crippen LogP contribution in [0.2, 0.25) is 0 Å². The van der Waals surface area contributed by atoms with Gasteiger partial charge in [0.05, 0.1) is 11.9 Å². The highest BCUT2D eigenvalue weighted by Crippen LogP contribution is 2.33. The Morgan fingerprint density at radius 1 is 1.06 bits per heavy atom. The summed E-state index contributed by atoms with van der Waals surface area (Å²) >= 11 is 0. The molecule has 0 atom stereocenters. The van der Waals surface area contributed by atoms with Gasteiger partial charge in [-0.25, -0.2) is 9.37 Å². The molecule has 0 N–H and O–H groups in total. The van der Waals surface area contributed by atoms with Gasteiger partial charge >= 0.3 is 0 Å². The molecule has 0 saturated carbocycles. The minimum Gasteiger partial charge on any atom is -0.454 e. The van der Waals surface area contributed by atoms with E-state index in [-0.39, 0.29) is 5.82 Å². The van der Waals surface area contributed by atoms with E-state index in [1.54, 1.807) is 0 Å². The number of imidazole rings is 1. The van der Waals surface area contributed by atoms with Crippen LogP contribution >= 0.6 is 0 Å². The number of unbranched alkanes of at least 4 members (excludes halogenated alkanes) is 1. The molecular formula is C27H34FN3O2. The zero-order valence-corrected chi connectivity index (χ0v) is 19.9. The van der Waals surface area contributed by atoms with Crippen molar-refractivity contribution in [2.24, 2.45) is 5.92 Å². The van der Waals surface area contributed by atoms with Crippen molar-refractivity contribution in [1.29, 1.82) is 0 Å². The summed E-state index contributed by atoms with van der Waals surface area (Å²) in [6, 6.07) is 12.8. The predicted molar refractivity (Wildman–Crippen MR) is 129 cm³/mol. The second kappa shape index (κ2) is 10.8. The molecule has 3 aromatic rings. The molecule has 0 bridgehead atoms. The third-order valence-electron chi connectivity index (χ3n) is 6.03. The van der Waals surface area contributed by atoms with Gasteiger partial charge < -0.3 is 14.0 Å². The number of hydrogen-bond acceptors (Lipinski definition) is 4. The summed E-state index contributed by atoms with van der Waals surface area (Å²) in [6.45, 7) is 10.5. The number of nitrogens with zero attached hydrogens (tertiary/aromatic N) is 3. The smallest absolute Gasteiger partial charge is 0.231 e. The molecule has 0 unspecified atom stereocenters. The van der Waals surface area contributed by atoms with E-state index in [0.717, 1.165) is 68.3 Å². The Labute approximate surface area is 196 Å². The number of aromatic nitrogens is 2. The third kappa shape index (κ3) is 5.93. The van der Waals surface area contributed by atoms with Crippen LogP contribution in [0.5, 0.6) is 11.5 Å². The maximum Gasteiger partial charge on any atom is 0.231 e. The van der Waals surface area contributed by atoms with Crippen LogP contribution in [0, 0.1) is 11.7 Å². The van der Waals surface area contributed by atoms with E-state index in [2.05, 4.69) is 42.4 Å². The van der Waals surface area contributed by atoms with E-state index >= 15 is 0 Å². The van der Waals surface area contributed by atoms with Gasteiger partial charge in [-0.15, -0.1) is 0 Å². The van der Waals surface area contributed by atoms with Crippen LogP contribution in [0.1, 0.15) is 51.3 Å². The first kappa shape index (κ1) is 23.3. The van der Waals surface area contributed by atoms with Crippen LogP contribution in [-0.2, 0) is 19.6 Å². The van der Waals surface area contributed by atoms with Crippen LogP contribution in [0.25, 0.3) is 11.4 Å². The quantitative estimate of drug-likeness (QED) is 0.345. The van der Waals surface area contributed by atoms with Crippen molar-refractivity contribution in [2.75, 3.05) is 13.3 Å². The van der Waals surface area contributed by atoms with Gasteiger partial charge in [-0.3, -0.25) is 4.90 Å². The Hall–Kier alpha value is -2.86. The van der Waals surface area contributed by atoms with Crippen molar-refractivity contribution in [3.63, 3.8) is 0 Å². The maximum absolute atomic E-state index is 13.5. The van der Waals surface area contributed by atoms with Crippen molar-refractivity contribution in [1.82, 2.24) is 14.5 Å². The molecule has 1 aliphatic heterocycles. The van der Waals surface area contributed by atoms with Gasteiger partial charge in [0.25, 0.3) is 0 Å². The Kier molecular flexibility index (Phi) is 7.65. The van der Waals surface area contributed by atoms with Crippen molar-refractivity contribution >= 4 is 0 Å². The highest BCUT2D eigenvalue weighted by molar-refractivity contribution is 5.56. The number of rotatable bonds is 11. The zero-order valence-electron chi connectivity index (χ0n) is 19.9. The van der Waals surface area contributed by atoms with Crippen molar-refractivity contribution in [3.05, 3.63) is 65.7 Å². The monoisotopic (exact) mass is 451 g/mol. The van der Waals surface area contributed by atoms with Crippen LogP contribution < -0.4 is 9.47 Å². The van der Waals surface area contributed by atoms with Crippen LogP contribution in [0.15, 0.2) is 48.7 Å². The molecule has 4 rings (SSSR count). The largest absolute Gasteiger partial charge is 0.454 e. The third-order valence-corrected chi connectivity index (χ3v) is 6.03. The first-order chi connectivity index (χ1) is 16.0. The lowest BCUT2D eigenvalue weighted by Crippen LogP contribution is -2.26. The lowest BCUT2D eigenvalue weighted by atomic mass is 10.1. The lowest BCUT2D eigenvalue weighted by molar-refractivity contribution is 0.174. The predicted octanol–water partition coefficient (Wildman–Crippen LogP) is 6.27. The number of hydrogen-bond donors (Lipinski definition) is 0. The topological polar surface area (TPSA) is 39.5 Å². The molecule has 176 valence electrons. The SMILES string of the molecule is CCCCn1c(CN(CCC(C)C)Cc2ccc3c(c2)OCO3)cnc1-c1ccc(F)cc1. The number of ether oxygens (including phenoxy) is 2. The van der Waals surface area contributed by atoms with Crippen LogP contribution in [0.4, 0.5) is 4.39 Å². The minimum absolute atomic E-state index is 0.228. The van der Waals surface area contributed by atoms with Crippen molar-refractivity contribution in [3.8, 4) is 22.9 Å². The zero-order chi connectivity index (χ0) is 23.2. The molecule has 0 aliphatic carbocycles. The van der Waals surface area contributed by atoms with Crippen LogP contribution in [-0.4, -0.2) is 27.8 Å². The van der Waals surface area contributed by atoms with E-state index in [9.17, 15) is 4.39 Å². The fraction of sp³-hybridized carbons (Fsp3) is 0.444. The fourth-order valence-electron chi connectivity index (χ4n) is 4.11. The van der Waals surface area contributed by atoms with Gasteiger partial charge in [-0.2, -0.15) is 0 Å². The second-order valence-electron chi connectivity index (χ2n) is 9.17. The van der Waals surface area contributed by atoms with Gasteiger partial charge in [0, 0.05) is 25.2 Å². The van der Waals surface area contributed by atoms with Crippen molar-refractivity contribution < 1.29 is 13.9 Å². The molecule has 33 heavy (non-hydrogen) atoms. The molecule has 1 aromatic heterocycles. The molecule has 2 heterocycles. The number of fused-ring (bicyclic) bond motifs is 1. The summed E-state index contributed by atoms with van der Waals surface area (Å²) in [5.74, 6) is 2.94. The summed E-state index contributed by atoms with van der Waals surface area (Å²) < 4.78 is 26.8. The summed E-state index contributed by atoms with van der Waals surface area (Å²) in [5.41, 5.74) is 3.34. The van der Waals surface area contributed by atoms with E-state index in [1.165, 1.54) is 23.4 Å². The molecule has 0 radical (unpaired) electrons. The molecule has 6 heteroatoms. The molecule has 1 aliphatic rings. The summed E-state index contributed by atoms with van der Waals surface area (Å²) in [7, 11) is 0. The molecule has 0 spiro atoms. The maximum atomic E-state index is 13.5. The molecular weight excluding hydrogens is 417 g/mol. The highest BCUT2D eigenvalue weighted by Gasteiger charge is 2.18. The molecule has 0 amide bonds. The van der Waals surface area contributed by atoms with Gasteiger partial charge in [0.15, 0.2) is 11.5 Å². The second-order valence-corrected chi connectivity index (χ2v) is 9.17. The first-order valence-corrected chi connectivity index (χ1v) is 11.9. The molecule has 0 fully saturated rings. The molecule has 2 aromatic carbocycles. The average molecular weight is 452 g/mol. The number of halogens is 1. The first-order valence-electron chi connectivity index (χ1n) is 11.9. The molecule has 0 saturated heterocycles. The van der Waals surface area contributed by atoms with Gasteiger partial charge in [0.1, 0.15) is 11.6 Å². The van der Waals surface area contributed by atoms with E-state index in [4.69, 9.17) is 14.5 Å². The number of benzene rings is 2. The standard InChI is InChI=1S/C27H34FN3O2/c1-4-5-13-31-24(16-29-27(31)22-7-9-23(28)10-8-22)18-30(14-12-20(2)3)17-21-6-11-25-26(15-21)33-19-32-25/h6-11,15-16,20H,4-5,12-14,17-19H2,1-3H3. The van der Waals surface area contributed by atoms with Crippen LogP contribution in [0.3, 0.4) is 0 Å². The van der Waals surface area contributed by atoms with E-state index in [1.807, 2.05) is 24.4 Å². The Balaban J connectivity index is 1.58. The Morgan fingerprint density at radius 2 is 1.85 bits per heavy atom. The Bertz CT molecular complexity index is 1050. The van der Waals surface area contributed by atoms with Gasteiger partial charge in [-0.05, 0) is 67.3 Å². The van der Waals surface area contributed by atoms with E-state index < -0.39 is 0 Å². The highest BCUT2D eigenvalue weighted by atomic mass is 19.1. The summed E-state index contributed by atoms with van der Waals surface area (Å²) in [5, 5.41) is 0. The molecule has 5 nitrogen and oxygen atoms in total. The minimum atomic E-state index is -0.228. The Morgan fingerprint density at radius 3 is 2.61 bits per heavy atom.